The summed E-state index contributed by atoms with van der Waals surface area (Å²) >= 11 is 1.08. The number of fused-ring (bicyclic) bond motifs is 1. The number of thioether (sulfide) groups is 1. The van der Waals surface area contributed by atoms with E-state index < -0.39 is 22.0 Å². The van der Waals surface area contributed by atoms with Gasteiger partial charge in [0.15, 0.2) is 10.8 Å². The lowest BCUT2D eigenvalue weighted by Crippen LogP contribution is -2.48. The Balaban J connectivity index is 1.63. The van der Waals surface area contributed by atoms with Gasteiger partial charge in [0.2, 0.25) is 15.9 Å². The molecule has 1 aliphatic carbocycles. The second-order valence-corrected chi connectivity index (χ2v) is 10.7. The first kappa shape index (κ1) is 24.5. The number of pyridine rings is 1. The number of carbonyl (C=O) groups is 2. The van der Waals surface area contributed by atoms with E-state index in [0.717, 1.165) is 31.0 Å². The molecule has 10 nitrogen and oxygen atoms in total. The Morgan fingerprint density at radius 3 is 2.59 bits per heavy atom. The van der Waals surface area contributed by atoms with Crippen molar-refractivity contribution in [1.29, 1.82) is 0 Å². The zero-order chi connectivity index (χ0) is 23.3. The summed E-state index contributed by atoms with van der Waals surface area (Å²) in [5.74, 6) is -0.121. The largest absolute Gasteiger partial charge is 0.335 e. The van der Waals surface area contributed by atoms with Gasteiger partial charge in [-0.2, -0.15) is 4.31 Å². The minimum absolute atomic E-state index is 0.0541. The van der Waals surface area contributed by atoms with Crippen molar-refractivity contribution in [3.63, 3.8) is 0 Å². The monoisotopic (exact) mass is 482 g/mol. The van der Waals surface area contributed by atoms with E-state index in [9.17, 15) is 18.0 Å². The van der Waals surface area contributed by atoms with Crippen molar-refractivity contribution in [3.05, 3.63) is 18.3 Å². The van der Waals surface area contributed by atoms with Gasteiger partial charge in [-0.3, -0.25) is 14.5 Å². The van der Waals surface area contributed by atoms with Crippen molar-refractivity contribution in [3.8, 4) is 0 Å². The number of rotatable bonds is 8. The average Bonchev–Trinajstić information content (AvgIpc) is 3.17. The van der Waals surface area contributed by atoms with Gasteiger partial charge in [-0.15, -0.1) is 10.2 Å². The van der Waals surface area contributed by atoms with Crippen LogP contribution in [-0.2, 0) is 14.8 Å². The fourth-order valence-corrected chi connectivity index (χ4v) is 6.01. The lowest BCUT2D eigenvalue weighted by atomic mass is 9.86. The maximum atomic E-state index is 12.8. The van der Waals surface area contributed by atoms with Crippen LogP contribution in [0.2, 0.25) is 0 Å². The average molecular weight is 483 g/mol. The topological polar surface area (TPSA) is 126 Å². The van der Waals surface area contributed by atoms with Crippen LogP contribution in [0.15, 0.2) is 28.4 Å². The highest BCUT2D eigenvalue weighted by atomic mass is 32.2. The normalized spacial score (nSPS) is 19.2. The maximum Gasteiger partial charge on any atom is 0.321 e. The molecule has 0 saturated heterocycles. The van der Waals surface area contributed by atoms with Crippen LogP contribution in [0, 0.1) is 5.92 Å². The van der Waals surface area contributed by atoms with Crippen LogP contribution in [0.1, 0.15) is 46.5 Å². The minimum atomic E-state index is -3.64. The second kappa shape index (κ2) is 10.6. The predicted octanol–water partition coefficient (Wildman–Crippen LogP) is 2.26. The van der Waals surface area contributed by atoms with Crippen LogP contribution in [0.25, 0.3) is 5.65 Å². The molecule has 2 N–H and O–H groups in total. The summed E-state index contributed by atoms with van der Waals surface area (Å²) in [4.78, 5) is 24.5. The number of hydrogen-bond donors (Lipinski definition) is 2. The molecule has 2 aromatic heterocycles. The SMILES string of the molecule is CCN(CC)S(=O)(=O)c1ccc2nnc(SCC(=O)NC(=O)NC3CCCCC3C)n2c1. The zero-order valence-electron chi connectivity index (χ0n) is 18.6. The minimum Gasteiger partial charge on any atom is -0.335 e. The number of amides is 3. The molecule has 2 aromatic rings. The van der Waals surface area contributed by atoms with Gasteiger partial charge in [-0.05, 0) is 30.9 Å². The van der Waals surface area contributed by atoms with Crippen LogP contribution in [-0.4, -0.2) is 64.1 Å². The third kappa shape index (κ3) is 5.59. The summed E-state index contributed by atoms with van der Waals surface area (Å²) in [6.45, 7) is 6.39. The summed E-state index contributed by atoms with van der Waals surface area (Å²) in [6.07, 6.45) is 5.69. The van der Waals surface area contributed by atoms with Gasteiger partial charge in [0, 0.05) is 25.3 Å². The highest BCUT2D eigenvalue weighted by molar-refractivity contribution is 7.99. The van der Waals surface area contributed by atoms with Gasteiger partial charge < -0.3 is 5.32 Å². The Morgan fingerprint density at radius 1 is 1.19 bits per heavy atom. The zero-order valence-corrected chi connectivity index (χ0v) is 20.2. The highest BCUT2D eigenvalue weighted by Gasteiger charge is 2.24. The number of imide groups is 1. The van der Waals surface area contributed by atoms with Crippen molar-refractivity contribution in [2.45, 2.75) is 62.5 Å². The molecule has 1 saturated carbocycles. The van der Waals surface area contributed by atoms with Gasteiger partial charge in [-0.25, -0.2) is 13.2 Å². The van der Waals surface area contributed by atoms with Gasteiger partial charge >= 0.3 is 6.03 Å². The fraction of sp³-hybridized carbons (Fsp3) is 0.600. The van der Waals surface area contributed by atoms with Crippen LogP contribution in [0.3, 0.4) is 0 Å². The number of sulfonamides is 1. The van der Waals surface area contributed by atoms with Crippen molar-refractivity contribution < 1.29 is 18.0 Å². The smallest absolute Gasteiger partial charge is 0.321 e. The van der Waals surface area contributed by atoms with Crippen LogP contribution in [0.4, 0.5) is 4.79 Å². The Morgan fingerprint density at radius 2 is 1.91 bits per heavy atom. The quantitative estimate of drug-likeness (QED) is 0.553. The van der Waals surface area contributed by atoms with Crippen LogP contribution >= 0.6 is 11.8 Å². The van der Waals surface area contributed by atoms with Gasteiger partial charge in [0.05, 0.1) is 10.6 Å². The number of hydrogen-bond acceptors (Lipinski definition) is 7. The van der Waals surface area contributed by atoms with Crippen molar-refractivity contribution in [2.24, 2.45) is 5.92 Å². The number of urea groups is 1. The van der Waals surface area contributed by atoms with Gasteiger partial charge in [0.1, 0.15) is 0 Å². The molecule has 1 fully saturated rings. The predicted molar refractivity (Wildman–Crippen MR) is 122 cm³/mol. The van der Waals surface area contributed by atoms with Crippen molar-refractivity contribution >= 4 is 39.4 Å². The number of nitrogens with zero attached hydrogens (tertiary/aromatic N) is 4. The molecule has 32 heavy (non-hydrogen) atoms. The first-order chi connectivity index (χ1) is 15.3. The molecule has 1 aliphatic rings. The number of aromatic nitrogens is 3. The third-order valence-corrected chi connectivity index (χ3v) is 8.68. The van der Waals surface area contributed by atoms with Crippen molar-refractivity contribution in [2.75, 3.05) is 18.8 Å². The summed E-state index contributed by atoms with van der Waals surface area (Å²) in [5.41, 5.74) is 0.468. The van der Waals surface area contributed by atoms with Crippen LogP contribution in [0.5, 0.6) is 0 Å². The first-order valence-corrected chi connectivity index (χ1v) is 13.3. The summed E-state index contributed by atoms with van der Waals surface area (Å²) in [7, 11) is -3.64. The summed E-state index contributed by atoms with van der Waals surface area (Å²) in [6, 6.07) is 2.66. The van der Waals surface area contributed by atoms with E-state index in [1.54, 1.807) is 19.9 Å². The molecule has 0 aromatic carbocycles. The van der Waals surface area contributed by atoms with Crippen LogP contribution < -0.4 is 10.6 Å². The molecule has 176 valence electrons. The van der Waals surface area contributed by atoms with E-state index >= 15 is 0 Å². The highest BCUT2D eigenvalue weighted by Crippen LogP contribution is 2.24. The maximum absolute atomic E-state index is 12.8. The number of carbonyl (C=O) groups excluding carboxylic acids is 2. The van der Waals surface area contributed by atoms with E-state index in [2.05, 4.69) is 27.8 Å². The summed E-state index contributed by atoms with van der Waals surface area (Å²) < 4.78 is 28.5. The molecule has 2 unspecified atom stereocenters. The van der Waals surface area contributed by atoms with Crippen molar-refractivity contribution in [1.82, 2.24) is 29.5 Å². The lowest BCUT2D eigenvalue weighted by Gasteiger charge is -2.29. The Labute approximate surface area is 192 Å². The molecule has 3 amide bonds. The molecule has 2 heterocycles. The van der Waals surface area contributed by atoms with E-state index in [0.29, 0.717) is 29.8 Å². The molecule has 0 spiro atoms. The Kier molecular flexibility index (Phi) is 8.12. The van der Waals surface area contributed by atoms with E-state index in [1.165, 1.54) is 27.4 Å². The Hall–Kier alpha value is -2.18. The molecule has 12 heteroatoms. The second-order valence-electron chi connectivity index (χ2n) is 7.84. The third-order valence-electron chi connectivity index (χ3n) is 5.70. The molecule has 0 bridgehead atoms. The molecule has 3 rings (SSSR count). The fourth-order valence-electron chi connectivity index (χ4n) is 3.84. The first-order valence-electron chi connectivity index (χ1n) is 10.8. The molecule has 0 aliphatic heterocycles. The van der Waals surface area contributed by atoms with E-state index in [4.69, 9.17) is 0 Å². The van der Waals surface area contributed by atoms with E-state index in [-0.39, 0.29) is 16.7 Å². The summed E-state index contributed by atoms with van der Waals surface area (Å²) in [5, 5.41) is 13.7. The number of nitrogens with one attached hydrogen (secondary N) is 2. The standard InChI is InChI=1S/C20H30N6O4S2/c1-4-25(5-2)32(29,30)15-10-11-17-23-24-20(26(17)12-15)31-13-18(27)22-19(28)21-16-9-7-6-8-14(16)3/h10-12,14,16H,4-9,13H2,1-3H3,(H2,21,22,27,28). The lowest BCUT2D eigenvalue weighted by molar-refractivity contribution is -0.117. The molecular formula is C20H30N6O4S2. The molecular weight excluding hydrogens is 452 g/mol. The Bertz CT molecular complexity index is 1070. The van der Waals surface area contributed by atoms with Gasteiger partial charge in [-0.1, -0.05) is 45.4 Å². The van der Waals surface area contributed by atoms with Gasteiger partial charge in [0.25, 0.3) is 0 Å². The molecule has 2 atom stereocenters. The molecule has 0 radical (unpaired) electrons. The van der Waals surface area contributed by atoms with E-state index in [1.807, 2.05) is 0 Å².